The van der Waals surface area contributed by atoms with E-state index in [4.69, 9.17) is 11.6 Å². The normalized spacial score (nSPS) is 11.0. The highest BCUT2D eigenvalue weighted by atomic mass is 127. The Morgan fingerprint density at radius 3 is 2.54 bits per heavy atom. The minimum Gasteiger partial charge on any atom is -0.357 e. The van der Waals surface area contributed by atoms with Gasteiger partial charge in [0.05, 0.1) is 6.54 Å². The summed E-state index contributed by atoms with van der Waals surface area (Å²) in [5, 5.41) is 6.87. The van der Waals surface area contributed by atoms with Gasteiger partial charge in [0, 0.05) is 37.6 Å². The van der Waals surface area contributed by atoms with Crippen LogP contribution in [0.4, 0.5) is 0 Å². The molecule has 1 rings (SSSR count). The van der Waals surface area contributed by atoms with E-state index in [1.165, 1.54) is 0 Å². The van der Waals surface area contributed by atoms with E-state index in [1.807, 2.05) is 57.0 Å². The van der Waals surface area contributed by atoms with E-state index < -0.39 is 0 Å². The molecule has 136 valence electrons. The molecule has 0 fully saturated rings. The Balaban J connectivity index is 0.00000529. The van der Waals surface area contributed by atoms with Crippen LogP contribution in [0.5, 0.6) is 0 Å². The SMILES string of the molecule is CCNC(=NCCNC(=O)C(C)C)N(C)Cc1ccccc1Cl.I. The first-order valence-corrected chi connectivity index (χ1v) is 8.34. The smallest absolute Gasteiger partial charge is 0.222 e. The minimum atomic E-state index is -0.00453. The molecule has 0 unspecified atom stereocenters. The first kappa shape index (κ1) is 23.0. The van der Waals surface area contributed by atoms with Crippen LogP contribution in [-0.2, 0) is 11.3 Å². The maximum atomic E-state index is 11.5. The van der Waals surface area contributed by atoms with Gasteiger partial charge in [-0.3, -0.25) is 9.79 Å². The number of hydrogen-bond donors (Lipinski definition) is 2. The van der Waals surface area contributed by atoms with Crippen molar-refractivity contribution >= 4 is 47.4 Å². The van der Waals surface area contributed by atoms with E-state index in [1.54, 1.807) is 0 Å². The van der Waals surface area contributed by atoms with E-state index in [0.717, 1.165) is 23.1 Å². The fraction of sp³-hybridized carbons (Fsp3) is 0.529. The van der Waals surface area contributed by atoms with Crippen LogP contribution in [0.2, 0.25) is 5.02 Å². The van der Waals surface area contributed by atoms with Gasteiger partial charge in [-0.1, -0.05) is 43.6 Å². The first-order chi connectivity index (χ1) is 11.0. The van der Waals surface area contributed by atoms with Gasteiger partial charge < -0.3 is 15.5 Å². The molecule has 0 spiro atoms. The van der Waals surface area contributed by atoms with Gasteiger partial charge in [-0.25, -0.2) is 0 Å². The topological polar surface area (TPSA) is 56.7 Å². The summed E-state index contributed by atoms with van der Waals surface area (Å²) < 4.78 is 0. The first-order valence-electron chi connectivity index (χ1n) is 7.96. The van der Waals surface area contributed by atoms with Crippen LogP contribution in [0, 0.1) is 5.92 Å². The average molecular weight is 467 g/mol. The van der Waals surface area contributed by atoms with Gasteiger partial charge in [0.15, 0.2) is 5.96 Å². The third-order valence-corrected chi connectivity index (χ3v) is 3.63. The molecular formula is C17H28ClIN4O. The summed E-state index contributed by atoms with van der Waals surface area (Å²) in [6.45, 7) is 8.30. The number of carbonyl (C=O) groups is 1. The molecule has 0 aliphatic heterocycles. The van der Waals surface area contributed by atoms with Crippen LogP contribution in [0.15, 0.2) is 29.3 Å². The van der Waals surface area contributed by atoms with Crippen molar-refractivity contribution in [3.63, 3.8) is 0 Å². The predicted octanol–water partition coefficient (Wildman–Crippen LogP) is 3.13. The maximum absolute atomic E-state index is 11.5. The molecule has 0 atom stereocenters. The fourth-order valence-corrected chi connectivity index (χ4v) is 2.17. The van der Waals surface area contributed by atoms with Crippen LogP contribution >= 0.6 is 35.6 Å². The van der Waals surface area contributed by atoms with Gasteiger partial charge in [0.25, 0.3) is 0 Å². The third kappa shape index (κ3) is 8.19. The molecule has 0 heterocycles. The van der Waals surface area contributed by atoms with Crippen molar-refractivity contribution in [1.29, 1.82) is 0 Å². The van der Waals surface area contributed by atoms with Gasteiger partial charge >= 0.3 is 0 Å². The number of nitrogens with zero attached hydrogens (tertiary/aromatic N) is 2. The Morgan fingerprint density at radius 1 is 1.29 bits per heavy atom. The third-order valence-electron chi connectivity index (χ3n) is 3.26. The molecule has 0 aromatic heterocycles. The van der Waals surface area contributed by atoms with Gasteiger partial charge in [0.1, 0.15) is 0 Å². The second-order valence-corrected chi connectivity index (χ2v) is 6.04. The largest absolute Gasteiger partial charge is 0.357 e. The minimum absolute atomic E-state index is 0. The number of benzene rings is 1. The molecule has 7 heteroatoms. The van der Waals surface area contributed by atoms with E-state index >= 15 is 0 Å². The van der Waals surface area contributed by atoms with E-state index in [-0.39, 0.29) is 35.8 Å². The summed E-state index contributed by atoms with van der Waals surface area (Å²) in [7, 11) is 1.97. The van der Waals surface area contributed by atoms with Crippen LogP contribution < -0.4 is 10.6 Å². The number of hydrogen-bond acceptors (Lipinski definition) is 2. The van der Waals surface area contributed by atoms with E-state index in [9.17, 15) is 4.79 Å². The van der Waals surface area contributed by atoms with Gasteiger partial charge in [-0.15, -0.1) is 24.0 Å². The van der Waals surface area contributed by atoms with E-state index in [0.29, 0.717) is 19.6 Å². The molecular weight excluding hydrogens is 439 g/mol. The number of rotatable bonds is 7. The number of carbonyl (C=O) groups excluding carboxylic acids is 1. The zero-order valence-electron chi connectivity index (χ0n) is 14.8. The maximum Gasteiger partial charge on any atom is 0.222 e. The number of guanidine groups is 1. The zero-order valence-corrected chi connectivity index (χ0v) is 17.9. The molecule has 1 amide bonds. The second-order valence-electron chi connectivity index (χ2n) is 5.63. The number of nitrogens with one attached hydrogen (secondary N) is 2. The van der Waals surface area contributed by atoms with Crippen molar-refractivity contribution in [2.45, 2.75) is 27.3 Å². The molecule has 0 aliphatic carbocycles. The van der Waals surface area contributed by atoms with Crippen LogP contribution in [0.3, 0.4) is 0 Å². The standard InChI is InChI=1S/C17H27ClN4O.HI/c1-5-19-17(21-11-10-20-16(23)13(2)3)22(4)12-14-8-6-7-9-15(14)18;/h6-9,13H,5,10-12H2,1-4H3,(H,19,21)(H,20,23);1H. The summed E-state index contributed by atoms with van der Waals surface area (Å²) in [6.07, 6.45) is 0. The molecule has 2 N–H and O–H groups in total. The highest BCUT2D eigenvalue weighted by Gasteiger charge is 2.09. The molecule has 0 saturated carbocycles. The van der Waals surface area contributed by atoms with Crippen LogP contribution in [0.1, 0.15) is 26.3 Å². The molecule has 24 heavy (non-hydrogen) atoms. The molecule has 5 nitrogen and oxygen atoms in total. The molecule has 0 saturated heterocycles. The highest BCUT2D eigenvalue weighted by molar-refractivity contribution is 14.0. The summed E-state index contributed by atoms with van der Waals surface area (Å²) in [6, 6.07) is 7.78. The van der Waals surface area contributed by atoms with Gasteiger partial charge in [-0.2, -0.15) is 0 Å². The summed E-state index contributed by atoms with van der Waals surface area (Å²) >= 11 is 6.21. The van der Waals surface area contributed by atoms with Crippen molar-refractivity contribution in [3.05, 3.63) is 34.9 Å². The molecule has 1 aromatic rings. The molecule has 1 aromatic carbocycles. The lowest BCUT2D eigenvalue weighted by Crippen LogP contribution is -2.39. The Bertz CT molecular complexity index is 537. The van der Waals surface area contributed by atoms with Crippen molar-refractivity contribution in [1.82, 2.24) is 15.5 Å². The number of aliphatic imine (C=N–C) groups is 1. The Kier molecular flexibility index (Phi) is 11.8. The number of amides is 1. The lowest BCUT2D eigenvalue weighted by Gasteiger charge is -2.22. The monoisotopic (exact) mass is 466 g/mol. The van der Waals surface area contributed by atoms with Crippen molar-refractivity contribution < 1.29 is 4.79 Å². The second kappa shape index (κ2) is 12.4. The predicted molar refractivity (Wildman–Crippen MR) is 112 cm³/mol. The van der Waals surface area contributed by atoms with Crippen molar-refractivity contribution in [2.24, 2.45) is 10.9 Å². The van der Waals surface area contributed by atoms with Gasteiger partial charge in [-0.05, 0) is 18.6 Å². The molecule has 0 radical (unpaired) electrons. The lowest BCUT2D eigenvalue weighted by molar-refractivity contribution is -0.123. The fourth-order valence-electron chi connectivity index (χ4n) is 1.97. The van der Waals surface area contributed by atoms with Crippen LogP contribution in [-0.4, -0.2) is 43.4 Å². The zero-order chi connectivity index (χ0) is 17.2. The van der Waals surface area contributed by atoms with E-state index in [2.05, 4.69) is 15.6 Å². The molecule has 0 aliphatic rings. The molecule has 0 bridgehead atoms. The highest BCUT2D eigenvalue weighted by Crippen LogP contribution is 2.16. The average Bonchev–Trinajstić information content (AvgIpc) is 2.52. The Labute approximate surface area is 167 Å². The Hall–Kier alpha value is -1.02. The lowest BCUT2D eigenvalue weighted by atomic mass is 10.2. The van der Waals surface area contributed by atoms with Crippen molar-refractivity contribution in [2.75, 3.05) is 26.7 Å². The van der Waals surface area contributed by atoms with Gasteiger partial charge in [0.2, 0.25) is 5.91 Å². The van der Waals surface area contributed by atoms with Crippen molar-refractivity contribution in [3.8, 4) is 0 Å². The van der Waals surface area contributed by atoms with Crippen LogP contribution in [0.25, 0.3) is 0 Å². The Morgan fingerprint density at radius 2 is 1.96 bits per heavy atom. The quantitative estimate of drug-likeness (QED) is 0.281. The summed E-state index contributed by atoms with van der Waals surface area (Å²) in [4.78, 5) is 18.1. The summed E-state index contributed by atoms with van der Waals surface area (Å²) in [5.74, 6) is 0.843. The summed E-state index contributed by atoms with van der Waals surface area (Å²) in [5.41, 5.74) is 1.05. The number of halogens is 2.